The van der Waals surface area contributed by atoms with Crippen molar-refractivity contribution in [2.45, 2.75) is 31.5 Å². The Morgan fingerprint density at radius 1 is 1.47 bits per heavy atom. The van der Waals surface area contributed by atoms with E-state index in [9.17, 15) is 10.2 Å². The summed E-state index contributed by atoms with van der Waals surface area (Å²) in [6.07, 6.45) is 0.584. The number of nitrogens with two attached hydrogens (primary N) is 2. The Hall–Kier alpha value is -1.51. The molecule has 1 aliphatic rings. The summed E-state index contributed by atoms with van der Waals surface area (Å²) < 4.78 is 0. The van der Waals surface area contributed by atoms with Gasteiger partial charge >= 0.3 is 0 Å². The number of aliphatic imine (C=N–C) groups is 1. The van der Waals surface area contributed by atoms with E-state index in [4.69, 9.17) is 11.5 Å². The van der Waals surface area contributed by atoms with Gasteiger partial charge in [0.05, 0.1) is 25.0 Å². The topological polar surface area (TPSA) is 141 Å². The lowest BCUT2D eigenvalue weighted by molar-refractivity contribution is 0.0115. The van der Waals surface area contributed by atoms with Crippen molar-refractivity contribution in [2.24, 2.45) is 16.5 Å². The van der Waals surface area contributed by atoms with Crippen LogP contribution in [0.3, 0.4) is 0 Å². The molecule has 0 fully saturated rings. The Morgan fingerprint density at radius 3 is 2.82 bits per heavy atom. The van der Waals surface area contributed by atoms with Gasteiger partial charge in [-0.1, -0.05) is 0 Å². The Labute approximate surface area is 99.8 Å². The molecule has 0 spiro atoms. The van der Waals surface area contributed by atoms with E-state index in [0.29, 0.717) is 5.82 Å². The Bertz CT molecular complexity index is 293. The number of nitrogens with zero attached hydrogens (tertiary/aromatic N) is 1. The molecule has 0 amide bonds. The highest BCUT2D eigenvalue weighted by molar-refractivity contribution is 5.54. The summed E-state index contributed by atoms with van der Waals surface area (Å²) in [5.74, 6) is 0.322. The minimum absolute atomic E-state index is 0.287. The second kappa shape index (κ2) is 6.28. The SMILES string of the molecule is CC(O)C(O)C1CN=CNC(N)N/C(N)=C/N1. The van der Waals surface area contributed by atoms with Crippen LogP contribution < -0.4 is 27.4 Å². The first-order valence-corrected chi connectivity index (χ1v) is 5.35. The van der Waals surface area contributed by atoms with Crippen molar-refractivity contribution in [3.05, 3.63) is 12.0 Å². The van der Waals surface area contributed by atoms with Crippen LogP contribution in [0.4, 0.5) is 0 Å². The molecule has 0 saturated heterocycles. The van der Waals surface area contributed by atoms with Crippen LogP contribution in [0, 0.1) is 0 Å². The standard InChI is InChI=1S/C9H20N6O2/c1-5(16)8(17)6-2-12-4-14-9(11)15-7(10)3-13-6/h3-6,8-9,13,15-17H,2,10-11H2,1H3,(H,12,14)/b7-3+. The smallest absolute Gasteiger partial charge is 0.152 e. The van der Waals surface area contributed by atoms with E-state index in [0.717, 1.165) is 0 Å². The van der Waals surface area contributed by atoms with Gasteiger partial charge < -0.3 is 31.9 Å². The Morgan fingerprint density at radius 2 is 2.18 bits per heavy atom. The maximum atomic E-state index is 9.75. The summed E-state index contributed by atoms with van der Waals surface area (Å²) in [4.78, 5) is 4.03. The van der Waals surface area contributed by atoms with Crippen LogP contribution in [0.15, 0.2) is 17.0 Å². The monoisotopic (exact) mass is 244 g/mol. The number of hydrogen-bond acceptors (Lipinski definition) is 8. The molecule has 0 radical (unpaired) electrons. The summed E-state index contributed by atoms with van der Waals surface area (Å²) in [6.45, 7) is 1.80. The summed E-state index contributed by atoms with van der Waals surface area (Å²) in [6, 6.07) is -0.428. The second-order valence-corrected chi connectivity index (χ2v) is 3.89. The first-order valence-electron chi connectivity index (χ1n) is 5.35. The van der Waals surface area contributed by atoms with E-state index in [1.54, 1.807) is 0 Å². The average Bonchev–Trinajstić information content (AvgIpc) is 2.26. The fourth-order valence-corrected chi connectivity index (χ4v) is 1.35. The molecular weight excluding hydrogens is 224 g/mol. The first-order chi connectivity index (χ1) is 8.00. The van der Waals surface area contributed by atoms with Gasteiger partial charge in [0.15, 0.2) is 6.29 Å². The molecule has 1 aliphatic heterocycles. The molecule has 98 valence electrons. The summed E-state index contributed by atoms with van der Waals surface area (Å²) >= 11 is 0. The van der Waals surface area contributed by atoms with E-state index in [-0.39, 0.29) is 6.54 Å². The van der Waals surface area contributed by atoms with E-state index < -0.39 is 24.5 Å². The van der Waals surface area contributed by atoms with Gasteiger partial charge in [0, 0.05) is 6.20 Å². The van der Waals surface area contributed by atoms with Crippen LogP contribution >= 0.6 is 0 Å². The predicted molar refractivity (Wildman–Crippen MR) is 64.5 cm³/mol. The van der Waals surface area contributed by atoms with Gasteiger partial charge in [0.1, 0.15) is 11.9 Å². The Balaban J connectivity index is 2.69. The molecule has 0 aromatic heterocycles. The van der Waals surface area contributed by atoms with Crippen molar-refractivity contribution in [3.8, 4) is 0 Å². The maximum Gasteiger partial charge on any atom is 0.152 e. The fraction of sp³-hybridized carbons (Fsp3) is 0.667. The minimum Gasteiger partial charge on any atom is -0.391 e. The van der Waals surface area contributed by atoms with Gasteiger partial charge in [0.2, 0.25) is 0 Å². The van der Waals surface area contributed by atoms with Crippen LogP contribution in [0.5, 0.6) is 0 Å². The van der Waals surface area contributed by atoms with Crippen LogP contribution in [0.25, 0.3) is 0 Å². The third kappa shape index (κ3) is 4.47. The molecule has 8 heteroatoms. The maximum absolute atomic E-state index is 9.75. The van der Waals surface area contributed by atoms with Crippen LogP contribution in [-0.2, 0) is 0 Å². The molecular formula is C9H20N6O2. The molecule has 8 nitrogen and oxygen atoms in total. The molecule has 4 unspecified atom stereocenters. The van der Waals surface area contributed by atoms with Gasteiger partial charge in [-0.3, -0.25) is 10.7 Å². The van der Waals surface area contributed by atoms with Gasteiger partial charge in [-0.05, 0) is 6.92 Å². The molecule has 1 heterocycles. The summed E-state index contributed by atoms with van der Waals surface area (Å²) in [5, 5.41) is 27.5. The van der Waals surface area contributed by atoms with E-state index in [2.05, 4.69) is 20.9 Å². The average molecular weight is 244 g/mol. The second-order valence-electron chi connectivity index (χ2n) is 3.89. The molecule has 0 aromatic carbocycles. The number of rotatable bonds is 2. The molecule has 0 saturated carbocycles. The van der Waals surface area contributed by atoms with Crippen molar-refractivity contribution >= 4 is 6.34 Å². The zero-order chi connectivity index (χ0) is 12.8. The first kappa shape index (κ1) is 13.6. The molecule has 4 atom stereocenters. The predicted octanol–water partition coefficient (Wildman–Crippen LogP) is -3.09. The van der Waals surface area contributed by atoms with Crippen molar-refractivity contribution < 1.29 is 10.2 Å². The lowest BCUT2D eigenvalue weighted by Crippen LogP contribution is -2.52. The van der Waals surface area contributed by atoms with Crippen molar-refractivity contribution in [1.29, 1.82) is 0 Å². The van der Waals surface area contributed by atoms with Crippen molar-refractivity contribution in [1.82, 2.24) is 16.0 Å². The van der Waals surface area contributed by atoms with E-state index in [1.165, 1.54) is 19.5 Å². The quantitative estimate of drug-likeness (QED) is 0.273. The van der Waals surface area contributed by atoms with Gasteiger partial charge in [-0.15, -0.1) is 0 Å². The molecule has 0 aliphatic carbocycles. The highest BCUT2D eigenvalue weighted by Gasteiger charge is 2.22. The number of aliphatic hydroxyl groups excluding tert-OH is 2. The lowest BCUT2D eigenvalue weighted by atomic mass is 10.1. The van der Waals surface area contributed by atoms with Gasteiger partial charge in [0.25, 0.3) is 0 Å². The summed E-state index contributed by atoms with van der Waals surface area (Å²) in [7, 11) is 0. The van der Waals surface area contributed by atoms with Crippen molar-refractivity contribution in [2.75, 3.05) is 6.54 Å². The third-order valence-corrected chi connectivity index (χ3v) is 2.33. The highest BCUT2D eigenvalue weighted by Crippen LogP contribution is 2.01. The molecule has 0 bridgehead atoms. The van der Waals surface area contributed by atoms with E-state index >= 15 is 0 Å². The zero-order valence-corrected chi connectivity index (χ0v) is 9.67. The van der Waals surface area contributed by atoms with Gasteiger partial charge in [-0.25, -0.2) is 0 Å². The molecule has 9 N–H and O–H groups in total. The lowest BCUT2D eigenvalue weighted by Gasteiger charge is -2.25. The molecule has 17 heavy (non-hydrogen) atoms. The number of hydrogen-bond donors (Lipinski definition) is 7. The normalized spacial score (nSPS) is 32.1. The third-order valence-electron chi connectivity index (χ3n) is 2.33. The largest absolute Gasteiger partial charge is 0.391 e. The number of aliphatic hydroxyl groups is 2. The zero-order valence-electron chi connectivity index (χ0n) is 9.67. The van der Waals surface area contributed by atoms with Gasteiger partial charge in [-0.2, -0.15) is 0 Å². The number of nitrogens with one attached hydrogen (secondary N) is 3. The van der Waals surface area contributed by atoms with Crippen LogP contribution in [0.2, 0.25) is 0 Å². The summed E-state index contributed by atoms with van der Waals surface area (Å²) in [5.41, 5.74) is 11.2. The molecule has 0 aromatic rings. The fourth-order valence-electron chi connectivity index (χ4n) is 1.35. The Kier molecular flexibility index (Phi) is 5.01. The minimum atomic E-state index is -0.940. The van der Waals surface area contributed by atoms with Crippen molar-refractivity contribution in [3.63, 3.8) is 0 Å². The highest BCUT2D eigenvalue weighted by atomic mass is 16.3. The van der Waals surface area contributed by atoms with E-state index in [1.807, 2.05) is 0 Å². The molecule has 1 rings (SSSR count). The van der Waals surface area contributed by atoms with Crippen LogP contribution in [-0.4, -0.2) is 47.6 Å². The van der Waals surface area contributed by atoms with Crippen LogP contribution in [0.1, 0.15) is 6.92 Å².